The van der Waals surface area contributed by atoms with Crippen molar-refractivity contribution in [3.63, 3.8) is 0 Å². The van der Waals surface area contributed by atoms with Gasteiger partial charge in [0.1, 0.15) is 5.75 Å². The van der Waals surface area contributed by atoms with Gasteiger partial charge in [-0.1, -0.05) is 17.7 Å². The van der Waals surface area contributed by atoms with E-state index < -0.39 is 0 Å². The lowest BCUT2D eigenvalue weighted by atomic mass is 10.0. The van der Waals surface area contributed by atoms with Gasteiger partial charge in [0.05, 0.1) is 12.1 Å². The van der Waals surface area contributed by atoms with Gasteiger partial charge in [0.2, 0.25) is 0 Å². The molecule has 0 aliphatic carbocycles. The smallest absolute Gasteiger partial charge is 0.137 e. The molecule has 1 unspecified atom stereocenters. The van der Waals surface area contributed by atoms with Crippen LogP contribution in [0.2, 0.25) is 5.02 Å². The van der Waals surface area contributed by atoms with E-state index in [9.17, 15) is 0 Å². The number of nitrogens with two attached hydrogens (primary N) is 1. The van der Waals surface area contributed by atoms with E-state index in [2.05, 4.69) is 5.32 Å². The van der Waals surface area contributed by atoms with Crippen LogP contribution in [0, 0.1) is 0 Å². The highest BCUT2D eigenvalue weighted by molar-refractivity contribution is 6.32. The zero-order valence-corrected chi connectivity index (χ0v) is 9.84. The van der Waals surface area contributed by atoms with E-state index in [1.54, 1.807) is 7.11 Å². The first-order valence-electron chi connectivity index (χ1n) is 4.93. The minimum absolute atomic E-state index is 0.249. The fourth-order valence-electron chi connectivity index (χ4n) is 1.54. The third-order valence-corrected chi connectivity index (χ3v) is 2.68. The Kier molecular flexibility index (Phi) is 4.88. The van der Waals surface area contributed by atoms with Crippen LogP contribution in [0.3, 0.4) is 0 Å². The maximum Gasteiger partial charge on any atom is 0.137 e. The van der Waals surface area contributed by atoms with Gasteiger partial charge in [-0.3, -0.25) is 0 Å². The van der Waals surface area contributed by atoms with Gasteiger partial charge >= 0.3 is 0 Å². The van der Waals surface area contributed by atoms with Crippen molar-refractivity contribution >= 4 is 11.6 Å². The summed E-state index contributed by atoms with van der Waals surface area (Å²) in [4.78, 5) is 0. The summed E-state index contributed by atoms with van der Waals surface area (Å²) >= 11 is 6.05. The predicted molar refractivity (Wildman–Crippen MR) is 63.5 cm³/mol. The topological polar surface area (TPSA) is 47.3 Å². The molecule has 84 valence electrons. The van der Waals surface area contributed by atoms with Crippen molar-refractivity contribution in [3.05, 3.63) is 28.8 Å². The number of benzene rings is 1. The summed E-state index contributed by atoms with van der Waals surface area (Å²) < 4.78 is 5.10. The average Bonchev–Trinajstić information content (AvgIpc) is 2.25. The Balaban J connectivity index is 2.89. The minimum Gasteiger partial charge on any atom is -0.495 e. The monoisotopic (exact) mass is 228 g/mol. The molecule has 4 heteroatoms. The lowest BCUT2D eigenvalue weighted by Gasteiger charge is -2.16. The van der Waals surface area contributed by atoms with Crippen molar-refractivity contribution in [2.75, 3.05) is 20.7 Å². The van der Waals surface area contributed by atoms with Crippen molar-refractivity contribution in [1.29, 1.82) is 0 Å². The first kappa shape index (κ1) is 12.3. The molecular formula is C11H17ClN2O. The number of ether oxygens (including phenoxy) is 1. The summed E-state index contributed by atoms with van der Waals surface area (Å²) in [6.45, 7) is 0.648. The van der Waals surface area contributed by atoms with Crippen LogP contribution in [0.5, 0.6) is 5.75 Å². The van der Waals surface area contributed by atoms with Crippen LogP contribution in [-0.4, -0.2) is 20.7 Å². The maximum absolute atomic E-state index is 6.05. The maximum atomic E-state index is 6.05. The lowest BCUT2D eigenvalue weighted by molar-refractivity contribution is 0.414. The molecule has 0 radical (unpaired) electrons. The van der Waals surface area contributed by atoms with E-state index in [0.29, 0.717) is 17.3 Å². The molecule has 0 heterocycles. The lowest BCUT2D eigenvalue weighted by Crippen LogP contribution is -2.19. The summed E-state index contributed by atoms with van der Waals surface area (Å²) in [5.74, 6) is 0.697. The first-order chi connectivity index (χ1) is 7.22. The highest BCUT2D eigenvalue weighted by Gasteiger charge is 2.10. The normalized spacial score (nSPS) is 12.5. The molecule has 0 saturated carbocycles. The van der Waals surface area contributed by atoms with Crippen molar-refractivity contribution in [1.82, 2.24) is 5.32 Å². The minimum atomic E-state index is 0.249. The van der Waals surface area contributed by atoms with Gasteiger partial charge < -0.3 is 15.8 Å². The third kappa shape index (κ3) is 3.09. The van der Waals surface area contributed by atoms with Crippen LogP contribution in [0.15, 0.2) is 18.2 Å². The second kappa shape index (κ2) is 5.95. The van der Waals surface area contributed by atoms with E-state index in [-0.39, 0.29) is 6.04 Å². The average molecular weight is 229 g/mol. The number of methoxy groups -OCH3 is 1. The van der Waals surface area contributed by atoms with Gasteiger partial charge in [0.25, 0.3) is 0 Å². The fourth-order valence-corrected chi connectivity index (χ4v) is 1.81. The molecule has 1 atom stereocenters. The highest BCUT2D eigenvalue weighted by atomic mass is 35.5. The van der Waals surface area contributed by atoms with Crippen LogP contribution in [0.1, 0.15) is 18.0 Å². The van der Waals surface area contributed by atoms with E-state index in [1.807, 2.05) is 25.2 Å². The Morgan fingerprint density at radius 2 is 2.27 bits per heavy atom. The summed E-state index contributed by atoms with van der Waals surface area (Å²) in [7, 11) is 3.52. The molecule has 0 aromatic heterocycles. The molecule has 0 bridgehead atoms. The summed E-state index contributed by atoms with van der Waals surface area (Å²) in [5.41, 5.74) is 6.67. The molecule has 0 amide bonds. The molecule has 1 rings (SSSR count). The Labute approximate surface area is 95.6 Å². The van der Waals surface area contributed by atoms with Crippen molar-refractivity contribution < 1.29 is 4.74 Å². The summed E-state index contributed by atoms with van der Waals surface area (Å²) in [6, 6.07) is 6.04. The molecule has 0 fully saturated rings. The summed E-state index contributed by atoms with van der Waals surface area (Å²) in [5, 5.41) is 3.84. The highest BCUT2D eigenvalue weighted by Crippen LogP contribution is 2.28. The van der Waals surface area contributed by atoms with Gasteiger partial charge in [0, 0.05) is 6.04 Å². The van der Waals surface area contributed by atoms with Crippen LogP contribution in [-0.2, 0) is 0 Å². The van der Waals surface area contributed by atoms with Crippen LogP contribution >= 0.6 is 11.6 Å². The molecule has 3 N–H and O–H groups in total. The largest absolute Gasteiger partial charge is 0.495 e. The number of hydrogen-bond acceptors (Lipinski definition) is 3. The Morgan fingerprint density at radius 3 is 2.73 bits per heavy atom. The zero-order chi connectivity index (χ0) is 11.3. The van der Waals surface area contributed by atoms with Gasteiger partial charge in [-0.2, -0.15) is 0 Å². The van der Waals surface area contributed by atoms with E-state index in [4.69, 9.17) is 22.1 Å². The number of nitrogens with one attached hydrogen (secondary N) is 1. The molecule has 0 saturated heterocycles. The number of hydrogen-bond donors (Lipinski definition) is 2. The van der Waals surface area contributed by atoms with Gasteiger partial charge in [-0.25, -0.2) is 0 Å². The molecule has 3 nitrogen and oxygen atoms in total. The summed E-state index contributed by atoms with van der Waals surface area (Å²) in [6.07, 6.45) is 0.888. The quantitative estimate of drug-likeness (QED) is 0.810. The fraction of sp³-hybridized carbons (Fsp3) is 0.455. The molecule has 1 aromatic rings. The Morgan fingerprint density at radius 1 is 1.53 bits per heavy atom. The number of halogens is 1. The Bertz CT molecular complexity index is 317. The number of rotatable bonds is 5. The standard InChI is InChI=1S/C11H17ClN2O/c1-14-10(5-6-13)8-3-4-11(15-2)9(12)7-8/h3-4,7,10,14H,5-6,13H2,1-2H3. The first-order valence-corrected chi connectivity index (χ1v) is 5.31. The molecule has 0 aliphatic rings. The second-order valence-corrected chi connectivity index (χ2v) is 3.72. The van der Waals surface area contributed by atoms with Gasteiger partial charge in [-0.05, 0) is 37.7 Å². The van der Waals surface area contributed by atoms with E-state index in [1.165, 1.54) is 0 Å². The Hall–Kier alpha value is -0.770. The molecular weight excluding hydrogens is 212 g/mol. The van der Waals surface area contributed by atoms with Crippen LogP contribution < -0.4 is 15.8 Å². The van der Waals surface area contributed by atoms with Gasteiger partial charge in [-0.15, -0.1) is 0 Å². The van der Waals surface area contributed by atoms with Gasteiger partial charge in [0.15, 0.2) is 0 Å². The van der Waals surface area contributed by atoms with E-state index in [0.717, 1.165) is 12.0 Å². The molecule has 15 heavy (non-hydrogen) atoms. The molecule has 0 spiro atoms. The zero-order valence-electron chi connectivity index (χ0n) is 9.09. The molecule has 0 aliphatic heterocycles. The van der Waals surface area contributed by atoms with Crippen LogP contribution in [0.4, 0.5) is 0 Å². The van der Waals surface area contributed by atoms with Crippen molar-refractivity contribution in [3.8, 4) is 5.75 Å². The van der Waals surface area contributed by atoms with E-state index >= 15 is 0 Å². The SMILES string of the molecule is CNC(CCN)c1ccc(OC)c(Cl)c1. The predicted octanol–water partition coefficient (Wildman–Crippen LogP) is 1.96. The molecule has 1 aromatic carbocycles. The van der Waals surface area contributed by atoms with Crippen molar-refractivity contribution in [2.24, 2.45) is 5.73 Å². The van der Waals surface area contributed by atoms with Crippen LogP contribution in [0.25, 0.3) is 0 Å². The van der Waals surface area contributed by atoms with Crippen molar-refractivity contribution in [2.45, 2.75) is 12.5 Å². The third-order valence-electron chi connectivity index (χ3n) is 2.38. The second-order valence-electron chi connectivity index (χ2n) is 3.31.